The molecule has 0 aromatic heterocycles. The molecule has 1 aliphatic heterocycles. The van der Waals surface area contributed by atoms with Gasteiger partial charge in [-0.1, -0.05) is 41.4 Å². The van der Waals surface area contributed by atoms with Crippen molar-refractivity contribution in [3.05, 3.63) is 69.9 Å². The summed E-state index contributed by atoms with van der Waals surface area (Å²) in [5.74, 6) is 1.17. The number of aryl methyl sites for hydroxylation is 2. The van der Waals surface area contributed by atoms with Crippen LogP contribution >= 0.6 is 11.6 Å². The first-order valence-corrected chi connectivity index (χ1v) is 8.43. The van der Waals surface area contributed by atoms with Gasteiger partial charge in [0.1, 0.15) is 17.3 Å². The maximum atomic E-state index is 12.2. The quantitative estimate of drug-likeness (QED) is 0.820. The molecule has 25 heavy (non-hydrogen) atoms. The van der Waals surface area contributed by atoms with E-state index in [1.807, 2.05) is 49.4 Å². The van der Waals surface area contributed by atoms with Crippen LogP contribution < -0.4 is 10.1 Å². The molecule has 0 aliphatic carbocycles. The molecule has 0 fully saturated rings. The van der Waals surface area contributed by atoms with Crippen LogP contribution in [0, 0.1) is 6.92 Å². The van der Waals surface area contributed by atoms with Gasteiger partial charge in [0.25, 0.3) is 5.91 Å². The first-order chi connectivity index (χ1) is 12.1. The molecule has 5 heteroatoms. The van der Waals surface area contributed by atoms with Crippen LogP contribution in [0.5, 0.6) is 5.75 Å². The number of halogens is 1. The number of rotatable bonds is 5. The number of amides is 1. The van der Waals surface area contributed by atoms with Gasteiger partial charge in [-0.05, 0) is 43.2 Å². The Kier molecular flexibility index (Phi) is 5.19. The van der Waals surface area contributed by atoms with Crippen molar-refractivity contribution < 1.29 is 9.53 Å². The third-order valence-corrected chi connectivity index (χ3v) is 4.38. The molecule has 2 aromatic carbocycles. The fourth-order valence-electron chi connectivity index (χ4n) is 2.70. The lowest BCUT2D eigenvalue weighted by Crippen LogP contribution is -2.24. The van der Waals surface area contributed by atoms with E-state index in [-0.39, 0.29) is 5.91 Å². The van der Waals surface area contributed by atoms with E-state index in [0.29, 0.717) is 23.7 Å². The predicted molar refractivity (Wildman–Crippen MR) is 101 cm³/mol. The summed E-state index contributed by atoms with van der Waals surface area (Å²) >= 11 is 6.17. The number of amidine groups is 1. The third kappa shape index (κ3) is 4.09. The zero-order valence-electron chi connectivity index (χ0n) is 14.2. The third-order valence-electron chi connectivity index (χ3n) is 4.01. The number of nitrogens with zero attached hydrogens (tertiary/aromatic N) is 1. The molecule has 0 saturated carbocycles. The molecule has 0 unspecified atom stereocenters. The van der Waals surface area contributed by atoms with Gasteiger partial charge in [-0.15, -0.1) is 0 Å². The summed E-state index contributed by atoms with van der Waals surface area (Å²) in [5.41, 5.74) is 3.36. The molecule has 0 radical (unpaired) electrons. The van der Waals surface area contributed by atoms with Crippen molar-refractivity contribution in [2.45, 2.75) is 19.8 Å². The average molecular weight is 355 g/mol. The highest BCUT2D eigenvalue weighted by molar-refractivity contribution is 6.31. The number of methoxy groups -OCH3 is 1. The van der Waals surface area contributed by atoms with E-state index in [0.717, 1.165) is 28.1 Å². The molecule has 0 spiro atoms. The smallest absolute Gasteiger partial charge is 0.275 e. The van der Waals surface area contributed by atoms with Crippen LogP contribution in [0.15, 0.2) is 53.2 Å². The Hall–Kier alpha value is -2.59. The number of nitrogens with one attached hydrogen (secondary N) is 1. The largest absolute Gasteiger partial charge is 0.496 e. The molecule has 2 aromatic rings. The Balaban J connectivity index is 1.78. The second kappa shape index (κ2) is 7.53. The zero-order valence-corrected chi connectivity index (χ0v) is 14.9. The van der Waals surface area contributed by atoms with Gasteiger partial charge >= 0.3 is 0 Å². The van der Waals surface area contributed by atoms with Gasteiger partial charge in [0, 0.05) is 17.0 Å². The number of carbonyl (C=O) groups excluding carboxylic acids is 1. The number of hydrogen-bond donors (Lipinski definition) is 1. The topological polar surface area (TPSA) is 50.7 Å². The van der Waals surface area contributed by atoms with Crippen molar-refractivity contribution >= 4 is 29.4 Å². The van der Waals surface area contributed by atoms with Crippen molar-refractivity contribution in [3.63, 3.8) is 0 Å². The van der Waals surface area contributed by atoms with Crippen molar-refractivity contribution in [1.82, 2.24) is 5.32 Å². The monoisotopic (exact) mass is 354 g/mol. The molecule has 1 amide bonds. The number of hydrogen-bond acceptors (Lipinski definition) is 3. The van der Waals surface area contributed by atoms with E-state index in [9.17, 15) is 4.79 Å². The molecule has 3 rings (SSSR count). The summed E-state index contributed by atoms with van der Waals surface area (Å²) in [6, 6.07) is 13.5. The van der Waals surface area contributed by atoms with Gasteiger partial charge in [0.05, 0.1) is 7.11 Å². The Bertz CT molecular complexity index is 872. The molecule has 1 heterocycles. The van der Waals surface area contributed by atoms with Crippen LogP contribution in [0.1, 0.15) is 23.1 Å². The summed E-state index contributed by atoms with van der Waals surface area (Å²) in [6.45, 7) is 1.99. The minimum Gasteiger partial charge on any atom is -0.496 e. The molecule has 0 bridgehead atoms. The zero-order chi connectivity index (χ0) is 17.8. The Morgan fingerprint density at radius 2 is 2.00 bits per heavy atom. The molecular formula is C20H19ClN2O2. The van der Waals surface area contributed by atoms with Crippen LogP contribution in [0.4, 0.5) is 0 Å². The van der Waals surface area contributed by atoms with Crippen LogP contribution in [0.3, 0.4) is 0 Å². The number of carbonyl (C=O) groups is 1. The Labute approximate surface area is 152 Å². The predicted octanol–water partition coefficient (Wildman–Crippen LogP) is 4.16. The molecule has 128 valence electrons. The number of ether oxygens (including phenoxy) is 1. The average Bonchev–Trinajstić information content (AvgIpc) is 2.94. The maximum Gasteiger partial charge on any atom is 0.275 e. The molecule has 0 saturated heterocycles. The van der Waals surface area contributed by atoms with E-state index in [4.69, 9.17) is 16.3 Å². The summed E-state index contributed by atoms with van der Waals surface area (Å²) < 4.78 is 5.35. The minimum absolute atomic E-state index is 0.197. The molecule has 4 nitrogen and oxygen atoms in total. The molecule has 0 atom stereocenters. The van der Waals surface area contributed by atoms with Crippen LogP contribution in [0.2, 0.25) is 5.02 Å². The highest BCUT2D eigenvalue weighted by Gasteiger charge is 2.20. The van der Waals surface area contributed by atoms with Gasteiger partial charge in [-0.3, -0.25) is 4.79 Å². The lowest BCUT2D eigenvalue weighted by molar-refractivity contribution is -0.115. The lowest BCUT2D eigenvalue weighted by Gasteiger charge is -2.05. The van der Waals surface area contributed by atoms with E-state index in [2.05, 4.69) is 10.3 Å². The Morgan fingerprint density at radius 1 is 1.20 bits per heavy atom. The fraction of sp³-hybridized carbons (Fsp3) is 0.200. The summed E-state index contributed by atoms with van der Waals surface area (Å²) in [4.78, 5) is 16.6. The van der Waals surface area contributed by atoms with E-state index < -0.39 is 0 Å². The van der Waals surface area contributed by atoms with E-state index in [1.54, 1.807) is 13.2 Å². The first kappa shape index (κ1) is 17.2. The standard InChI is InChI=1S/C20H19ClN2O2/c1-13-7-9-18(25-2)15(11-13)12-17-20(24)23-19(22-17)10-8-14-5-3-4-6-16(14)21/h3-7,9,11-12H,8,10H2,1-2H3,(H,22,23,24)/b17-12+. The minimum atomic E-state index is -0.197. The number of benzene rings is 2. The lowest BCUT2D eigenvalue weighted by atomic mass is 10.1. The summed E-state index contributed by atoms with van der Waals surface area (Å²) in [6.07, 6.45) is 3.10. The van der Waals surface area contributed by atoms with E-state index in [1.165, 1.54) is 0 Å². The van der Waals surface area contributed by atoms with Crippen LogP contribution in [0.25, 0.3) is 6.08 Å². The van der Waals surface area contributed by atoms with Gasteiger partial charge in [0.15, 0.2) is 0 Å². The van der Waals surface area contributed by atoms with Crippen molar-refractivity contribution in [2.24, 2.45) is 4.99 Å². The molecular weight excluding hydrogens is 336 g/mol. The van der Waals surface area contributed by atoms with Gasteiger partial charge < -0.3 is 10.1 Å². The SMILES string of the molecule is COc1ccc(C)cc1/C=C1/N=C(CCc2ccccc2Cl)NC1=O. The van der Waals surface area contributed by atoms with Crippen molar-refractivity contribution in [2.75, 3.05) is 7.11 Å². The number of aliphatic imine (C=N–C) groups is 1. The summed E-state index contributed by atoms with van der Waals surface area (Å²) in [5, 5.41) is 3.55. The van der Waals surface area contributed by atoms with Gasteiger partial charge in [-0.25, -0.2) is 4.99 Å². The van der Waals surface area contributed by atoms with E-state index >= 15 is 0 Å². The summed E-state index contributed by atoms with van der Waals surface area (Å²) in [7, 11) is 1.61. The van der Waals surface area contributed by atoms with Crippen molar-refractivity contribution in [3.8, 4) is 5.75 Å². The second-order valence-corrected chi connectivity index (χ2v) is 6.29. The molecule has 1 N–H and O–H groups in total. The maximum absolute atomic E-state index is 12.2. The first-order valence-electron chi connectivity index (χ1n) is 8.05. The highest BCUT2D eigenvalue weighted by atomic mass is 35.5. The highest BCUT2D eigenvalue weighted by Crippen LogP contribution is 2.24. The Morgan fingerprint density at radius 3 is 2.76 bits per heavy atom. The second-order valence-electron chi connectivity index (χ2n) is 5.88. The van der Waals surface area contributed by atoms with Crippen LogP contribution in [-0.4, -0.2) is 18.9 Å². The molecule has 1 aliphatic rings. The van der Waals surface area contributed by atoms with Crippen molar-refractivity contribution in [1.29, 1.82) is 0 Å². The normalized spacial score (nSPS) is 15.2. The van der Waals surface area contributed by atoms with Crippen LogP contribution in [-0.2, 0) is 11.2 Å². The van der Waals surface area contributed by atoms with Gasteiger partial charge in [-0.2, -0.15) is 0 Å². The fourth-order valence-corrected chi connectivity index (χ4v) is 2.93. The van der Waals surface area contributed by atoms with Gasteiger partial charge in [0.2, 0.25) is 0 Å².